The van der Waals surface area contributed by atoms with Crippen LogP contribution in [-0.4, -0.2) is 18.7 Å². The summed E-state index contributed by atoms with van der Waals surface area (Å²) >= 11 is 2.50. The van der Waals surface area contributed by atoms with Crippen molar-refractivity contribution in [2.24, 2.45) is 0 Å². The Morgan fingerprint density at radius 1 is 0.484 bits per heavy atom. The molecule has 1 aliphatic carbocycles. The number of rotatable bonds is 7. The number of imidazole rings is 1. The minimum Gasteiger partial charge on any atom is -0.0570 e. The Balaban J connectivity index is 1.05. The van der Waals surface area contributed by atoms with Crippen molar-refractivity contribution < 1.29 is 24.1 Å². The average Bonchev–Trinajstić information content (AvgIpc) is 3.78. The molecule has 0 radical (unpaired) electrons. The minimum atomic E-state index is 0.0847. The molecule has 0 saturated heterocycles. The van der Waals surface area contributed by atoms with Gasteiger partial charge in [-0.1, -0.05) is 33.8 Å². The van der Waals surface area contributed by atoms with Crippen LogP contribution in [-0.2, 0) is 30.2 Å². The fraction of sp³-hybridized carbons (Fsp3) is 0.143. The summed E-state index contributed by atoms with van der Waals surface area (Å²) in [5.74, 6) is 2.43. The molecule has 0 spiro atoms. The topological polar surface area (TPSA) is 36.9 Å². The van der Waals surface area contributed by atoms with E-state index in [0.717, 1.165) is 55.5 Å². The van der Waals surface area contributed by atoms with Crippen LogP contribution < -0.4 is 4.74 Å². The SMILES string of the molecule is CC1(C)CCC(C)(C)c2cc3c(cc21)c1ccc(Oc2cccc(-n4[c](=[Pt])n(-c5c(-c6ccccc6)cccc5-c5ccccc5)c5ccccc54)c2)cc1n3-c1ccccn1. The first kappa shape index (κ1) is 38.4. The van der Waals surface area contributed by atoms with E-state index in [1.165, 1.54) is 56.1 Å². The van der Waals surface area contributed by atoms with Gasteiger partial charge >= 0.3 is 294 Å². The Hall–Kier alpha value is -6.55. The Morgan fingerprint density at radius 3 is 1.73 bits per heavy atom. The monoisotopic (exact) mass is 985 g/mol. The summed E-state index contributed by atoms with van der Waals surface area (Å²) < 4.78 is 15.0. The molecular formula is C56H46N4OPt. The second-order valence-corrected chi connectivity index (χ2v) is 18.8. The van der Waals surface area contributed by atoms with Crippen molar-refractivity contribution in [2.45, 2.75) is 51.4 Å². The van der Waals surface area contributed by atoms with Gasteiger partial charge in [0.05, 0.1) is 0 Å². The fourth-order valence-corrected chi connectivity index (χ4v) is 10.8. The van der Waals surface area contributed by atoms with E-state index < -0.39 is 0 Å². The van der Waals surface area contributed by atoms with Gasteiger partial charge in [0.2, 0.25) is 0 Å². The fourth-order valence-electron chi connectivity index (χ4n) is 9.73. The summed E-state index contributed by atoms with van der Waals surface area (Å²) in [6.45, 7) is 9.58. The second kappa shape index (κ2) is 14.8. The quantitative estimate of drug-likeness (QED) is 0.160. The summed E-state index contributed by atoms with van der Waals surface area (Å²) in [5.41, 5.74) is 14.4. The second-order valence-electron chi connectivity index (χ2n) is 17.8. The van der Waals surface area contributed by atoms with E-state index in [2.05, 4.69) is 225 Å². The van der Waals surface area contributed by atoms with Crippen LogP contribution in [0.2, 0.25) is 0 Å². The zero-order valence-electron chi connectivity index (χ0n) is 35.2. The predicted octanol–water partition coefficient (Wildman–Crippen LogP) is 14.5. The molecule has 10 aromatic rings. The normalized spacial score (nSPS) is 14.4. The van der Waals surface area contributed by atoms with Crippen LogP contribution in [0.5, 0.6) is 11.5 Å². The van der Waals surface area contributed by atoms with E-state index in [4.69, 9.17) is 9.72 Å². The molecule has 1 aliphatic rings. The summed E-state index contributed by atoms with van der Waals surface area (Å²) in [6, 6.07) is 62.7. The number of para-hydroxylation sites is 3. The van der Waals surface area contributed by atoms with E-state index in [0.29, 0.717) is 0 Å². The van der Waals surface area contributed by atoms with Crippen molar-refractivity contribution in [3.05, 3.63) is 197 Å². The van der Waals surface area contributed by atoms with Crippen molar-refractivity contribution in [1.29, 1.82) is 0 Å². The first-order valence-corrected chi connectivity index (χ1v) is 22.5. The number of benzene rings is 7. The summed E-state index contributed by atoms with van der Waals surface area (Å²) in [6.07, 6.45) is 4.21. The molecule has 6 heteroatoms. The van der Waals surface area contributed by atoms with Crippen LogP contribution in [0.1, 0.15) is 51.7 Å². The molecule has 3 aromatic heterocycles. The molecule has 62 heavy (non-hydrogen) atoms. The standard InChI is InChI=1S/C56H46N4O.Pt/c1-55(2)30-31-56(3,4)48-36-52-46(35-47(48)55)45-29-28-42(34-51(45)60(52)53-27-13-14-32-57-53)61-41-22-15-21-40(33-41)58-37-59(50-26-12-11-25-49(50)58)54-43(38-17-7-5-8-18-38)23-16-24-44(54)39-19-9-6-10-20-39;/h5-29,32-36H,30-31H2,1-4H3;. The number of fused-ring (bicyclic) bond motifs is 5. The zero-order valence-corrected chi connectivity index (χ0v) is 37.5. The third-order valence-corrected chi connectivity index (χ3v) is 14.1. The van der Waals surface area contributed by atoms with Gasteiger partial charge < -0.3 is 0 Å². The molecule has 0 aliphatic heterocycles. The zero-order chi connectivity index (χ0) is 42.2. The number of aromatic nitrogens is 4. The number of hydrogen-bond donors (Lipinski definition) is 0. The molecular weight excluding hydrogens is 940 g/mol. The number of nitrogens with zero attached hydrogens (tertiary/aromatic N) is 4. The van der Waals surface area contributed by atoms with E-state index in [9.17, 15) is 0 Å². The van der Waals surface area contributed by atoms with E-state index >= 15 is 0 Å². The van der Waals surface area contributed by atoms with Gasteiger partial charge in [0, 0.05) is 6.20 Å². The van der Waals surface area contributed by atoms with Gasteiger partial charge in [0.25, 0.3) is 0 Å². The minimum absolute atomic E-state index is 0.0847. The van der Waals surface area contributed by atoms with E-state index in [1.54, 1.807) is 0 Å². The molecule has 5 nitrogen and oxygen atoms in total. The molecule has 0 fully saturated rings. The van der Waals surface area contributed by atoms with Gasteiger partial charge in [0.15, 0.2) is 0 Å². The van der Waals surface area contributed by atoms with E-state index in [-0.39, 0.29) is 10.8 Å². The molecule has 3 heterocycles. The summed E-state index contributed by atoms with van der Waals surface area (Å²) in [4.78, 5) is 4.88. The van der Waals surface area contributed by atoms with Crippen molar-refractivity contribution in [2.75, 3.05) is 0 Å². The molecule has 0 saturated carbocycles. The Labute approximate surface area is 372 Å². The summed E-state index contributed by atoms with van der Waals surface area (Å²) in [5, 5.41) is 2.44. The van der Waals surface area contributed by atoms with Crippen molar-refractivity contribution >= 4 is 32.8 Å². The van der Waals surface area contributed by atoms with Crippen molar-refractivity contribution in [3.8, 4) is 50.9 Å². The molecule has 0 bridgehead atoms. The van der Waals surface area contributed by atoms with Crippen LogP contribution in [0.3, 0.4) is 0 Å². The first-order chi connectivity index (χ1) is 30.2. The third-order valence-electron chi connectivity index (χ3n) is 13.0. The first-order valence-electron chi connectivity index (χ1n) is 21.4. The Morgan fingerprint density at radius 2 is 1.06 bits per heavy atom. The number of pyridine rings is 1. The predicted molar refractivity (Wildman–Crippen MR) is 251 cm³/mol. The van der Waals surface area contributed by atoms with Gasteiger partial charge in [-0.05, 0) is 40.9 Å². The van der Waals surface area contributed by atoms with Gasteiger partial charge in [-0.3, -0.25) is 0 Å². The molecule has 0 amide bonds. The average molecular weight is 986 g/mol. The molecule has 0 atom stereocenters. The van der Waals surface area contributed by atoms with Crippen molar-refractivity contribution in [3.63, 3.8) is 0 Å². The molecule has 0 N–H and O–H groups in total. The Bertz CT molecular complexity index is 3340. The molecule has 306 valence electrons. The van der Waals surface area contributed by atoms with Gasteiger partial charge in [-0.2, -0.15) is 0 Å². The van der Waals surface area contributed by atoms with Crippen LogP contribution >= 0.6 is 0 Å². The number of hydrogen-bond acceptors (Lipinski definition) is 2. The van der Waals surface area contributed by atoms with Gasteiger partial charge in [-0.15, -0.1) is 0 Å². The van der Waals surface area contributed by atoms with E-state index in [1.807, 2.05) is 18.3 Å². The van der Waals surface area contributed by atoms with Gasteiger partial charge in [-0.25, -0.2) is 0 Å². The van der Waals surface area contributed by atoms with Crippen LogP contribution in [0.25, 0.3) is 72.3 Å². The Kier molecular flexibility index (Phi) is 9.17. The smallest absolute Gasteiger partial charge is 0.0570 e. The maximum atomic E-state index is 6.84. The molecule has 0 unspecified atom stereocenters. The van der Waals surface area contributed by atoms with Gasteiger partial charge in [0.1, 0.15) is 0 Å². The van der Waals surface area contributed by atoms with Crippen LogP contribution in [0, 0.1) is 3.80 Å². The van der Waals surface area contributed by atoms with Crippen LogP contribution in [0.15, 0.2) is 182 Å². The number of ether oxygens (including phenoxy) is 1. The molecule has 11 rings (SSSR count). The third kappa shape index (κ3) is 6.33. The molecule has 7 aromatic carbocycles. The summed E-state index contributed by atoms with van der Waals surface area (Å²) in [7, 11) is 0. The van der Waals surface area contributed by atoms with Crippen LogP contribution in [0.4, 0.5) is 0 Å². The maximum absolute atomic E-state index is 6.84. The van der Waals surface area contributed by atoms with Crippen molar-refractivity contribution in [1.82, 2.24) is 18.7 Å².